The minimum absolute atomic E-state index is 0.174. The minimum Gasteiger partial charge on any atom is -0.374 e. The molecule has 0 radical (unpaired) electrons. The van der Waals surface area contributed by atoms with E-state index in [1.807, 2.05) is 12.1 Å². The Hall–Kier alpha value is -1.99. The van der Waals surface area contributed by atoms with E-state index in [0.29, 0.717) is 18.1 Å². The van der Waals surface area contributed by atoms with Gasteiger partial charge in [-0.25, -0.2) is 8.78 Å². The van der Waals surface area contributed by atoms with Gasteiger partial charge < -0.3 is 4.74 Å². The summed E-state index contributed by atoms with van der Waals surface area (Å²) >= 11 is 0. The molecule has 0 saturated heterocycles. The lowest BCUT2D eigenvalue weighted by atomic mass is 9.87. The first-order valence-corrected chi connectivity index (χ1v) is 7.47. The summed E-state index contributed by atoms with van der Waals surface area (Å²) in [6.45, 7) is 0.313. The summed E-state index contributed by atoms with van der Waals surface area (Å²) in [6, 6.07) is 5.82. The van der Waals surface area contributed by atoms with Crippen molar-refractivity contribution in [1.29, 1.82) is 5.26 Å². The van der Waals surface area contributed by atoms with Gasteiger partial charge in [0.2, 0.25) is 0 Å². The van der Waals surface area contributed by atoms with E-state index in [0.717, 1.165) is 31.7 Å². The normalized spacial score (nSPS) is 22.2. The predicted molar refractivity (Wildman–Crippen MR) is 80.8 cm³/mol. The van der Waals surface area contributed by atoms with Gasteiger partial charge in [-0.3, -0.25) is 0 Å². The smallest absolute Gasteiger partial charge is 0.159 e. The number of nitrogens with zero attached hydrogens (tertiary/aromatic N) is 1. The summed E-state index contributed by atoms with van der Waals surface area (Å²) in [4.78, 5) is 0. The van der Waals surface area contributed by atoms with Gasteiger partial charge in [0.1, 0.15) is 0 Å². The Morgan fingerprint density at radius 3 is 2.59 bits per heavy atom. The Morgan fingerprint density at radius 1 is 1.14 bits per heavy atom. The summed E-state index contributed by atoms with van der Waals surface area (Å²) < 4.78 is 31.7. The van der Waals surface area contributed by atoms with Gasteiger partial charge >= 0.3 is 0 Å². The van der Waals surface area contributed by atoms with Gasteiger partial charge in [0, 0.05) is 6.08 Å². The summed E-state index contributed by atoms with van der Waals surface area (Å²) in [5, 5.41) is 8.39. The van der Waals surface area contributed by atoms with Crippen LogP contribution in [-0.2, 0) is 11.3 Å². The number of rotatable bonds is 5. The molecule has 0 spiro atoms. The van der Waals surface area contributed by atoms with E-state index in [4.69, 9.17) is 10.00 Å². The Balaban J connectivity index is 1.73. The topological polar surface area (TPSA) is 33.0 Å². The van der Waals surface area contributed by atoms with E-state index in [1.165, 1.54) is 12.1 Å². The maximum absolute atomic E-state index is 13.1. The Kier molecular flexibility index (Phi) is 6.29. The fourth-order valence-corrected chi connectivity index (χ4v) is 2.61. The molecule has 1 aliphatic carbocycles. The SMILES string of the molecule is N#C/C=C/C=C/C1CCC(OCc2ccc(F)c(F)c2)CC1. The van der Waals surface area contributed by atoms with Crippen LogP contribution >= 0.6 is 0 Å². The predicted octanol–water partition coefficient (Wildman–Crippen LogP) is 4.68. The number of hydrogen-bond donors (Lipinski definition) is 0. The molecular weight excluding hydrogens is 284 g/mol. The third-order valence-corrected chi connectivity index (χ3v) is 3.85. The highest BCUT2D eigenvalue weighted by Gasteiger charge is 2.19. The van der Waals surface area contributed by atoms with Crippen LogP contribution in [0.5, 0.6) is 0 Å². The molecule has 2 rings (SSSR count). The number of allylic oxidation sites excluding steroid dienone is 4. The van der Waals surface area contributed by atoms with Crippen molar-refractivity contribution in [2.24, 2.45) is 5.92 Å². The molecule has 0 heterocycles. The minimum atomic E-state index is -0.833. The second kappa shape index (κ2) is 8.45. The zero-order valence-electron chi connectivity index (χ0n) is 12.3. The van der Waals surface area contributed by atoms with Gasteiger partial charge in [-0.2, -0.15) is 5.26 Å². The third-order valence-electron chi connectivity index (χ3n) is 3.85. The van der Waals surface area contributed by atoms with Crippen molar-refractivity contribution >= 4 is 0 Å². The maximum atomic E-state index is 13.1. The van der Waals surface area contributed by atoms with Crippen LogP contribution in [-0.4, -0.2) is 6.10 Å². The van der Waals surface area contributed by atoms with E-state index in [1.54, 1.807) is 12.1 Å². The molecule has 22 heavy (non-hydrogen) atoms. The van der Waals surface area contributed by atoms with Crippen LogP contribution in [0.1, 0.15) is 31.2 Å². The zero-order chi connectivity index (χ0) is 15.8. The summed E-state index contributed by atoms with van der Waals surface area (Å²) in [6.07, 6.45) is 11.4. The molecule has 2 nitrogen and oxygen atoms in total. The van der Waals surface area contributed by atoms with E-state index in [-0.39, 0.29) is 6.10 Å². The highest BCUT2D eigenvalue weighted by atomic mass is 19.2. The van der Waals surface area contributed by atoms with Crippen molar-refractivity contribution in [2.75, 3.05) is 0 Å². The molecule has 4 heteroatoms. The van der Waals surface area contributed by atoms with Gasteiger partial charge in [0.05, 0.1) is 18.8 Å². The molecule has 0 N–H and O–H groups in total. The average Bonchev–Trinajstić information content (AvgIpc) is 2.54. The lowest BCUT2D eigenvalue weighted by Crippen LogP contribution is -2.20. The van der Waals surface area contributed by atoms with Gasteiger partial charge in [0.25, 0.3) is 0 Å². The van der Waals surface area contributed by atoms with E-state index >= 15 is 0 Å². The highest BCUT2D eigenvalue weighted by Crippen LogP contribution is 2.27. The summed E-state index contributed by atoms with van der Waals surface area (Å²) in [7, 11) is 0. The Morgan fingerprint density at radius 2 is 1.91 bits per heavy atom. The Bertz CT molecular complexity index is 581. The van der Waals surface area contributed by atoms with Crippen LogP contribution in [0.2, 0.25) is 0 Å². The molecule has 1 saturated carbocycles. The zero-order valence-corrected chi connectivity index (χ0v) is 12.3. The molecule has 1 aromatic rings. The van der Waals surface area contributed by atoms with Gasteiger partial charge in [0.15, 0.2) is 11.6 Å². The molecule has 1 aromatic carbocycles. The quantitative estimate of drug-likeness (QED) is 0.584. The molecule has 1 fully saturated rings. The van der Waals surface area contributed by atoms with Crippen molar-refractivity contribution in [1.82, 2.24) is 0 Å². The monoisotopic (exact) mass is 303 g/mol. The van der Waals surface area contributed by atoms with Crippen LogP contribution in [0, 0.1) is 28.9 Å². The first-order chi connectivity index (χ1) is 10.7. The largest absolute Gasteiger partial charge is 0.374 e. The van der Waals surface area contributed by atoms with Crippen molar-refractivity contribution in [2.45, 2.75) is 38.4 Å². The molecule has 0 aliphatic heterocycles. The third kappa shape index (κ3) is 5.09. The number of nitriles is 1. The maximum Gasteiger partial charge on any atom is 0.159 e. The highest BCUT2D eigenvalue weighted by molar-refractivity contribution is 5.17. The average molecular weight is 303 g/mol. The van der Waals surface area contributed by atoms with Crippen molar-refractivity contribution in [3.8, 4) is 6.07 Å². The molecule has 116 valence electrons. The van der Waals surface area contributed by atoms with Crippen molar-refractivity contribution in [3.05, 3.63) is 59.7 Å². The lowest BCUT2D eigenvalue weighted by Gasteiger charge is -2.26. The fourth-order valence-electron chi connectivity index (χ4n) is 2.61. The second-order valence-electron chi connectivity index (χ2n) is 5.47. The summed E-state index contributed by atoms with van der Waals surface area (Å²) in [5.74, 6) is -1.15. The second-order valence-corrected chi connectivity index (χ2v) is 5.47. The molecule has 0 aromatic heterocycles. The van der Waals surface area contributed by atoms with Gasteiger partial charge in [-0.1, -0.05) is 24.3 Å². The number of halogens is 2. The molecule has 0 unspecified atom stereocenters. The van der Waals surface area contributed by atoms with Gasteiger partial charge in [-0.05, 0) is 49.3 Å². The number of benzene rings is 1. The molecule has 0 amide bonds. The van der Waals surface area contributed by atoms with Crippen LogP contribution in [0.15, 0.2) is 42.5 Å². The molecule has 1 aliphatic rings. The van der Waals surface area contributed by atoms with Crippen LogP contribution in [0.3, 0.4) is 0 Å². The van der Waals surface area contributed by atoms with Crippen molar-refractivity contribution in [3.63, 3.8) is 0 Å². The Labute approximate surface area is 129 Å². The number of ether oxygens (including phenoxy) is 1. The molecular formula is C18H19F2NO. The first-order valence-electron chi connectivity index (χ1n) is 7.47. The summed E-state index contributed by atoms with van der Waals surface area (Å²) in [5.41, 5.74) is 0.655. The fraction of sp³-hybridized carbons (Fsp3) is 0.389. The van der Waals surface area contributed by atoms with E-state index in [9.17, 15) is 8.78 Å². The van der Waals surface area contributed by atoms with Crippen LogP contribution in [0.25, 0.3) is 0 Å². The standard InChI is InChI=1S/C18H19F2NO/c19-17-10-7-15(12-18(17)20)13-22-16-8-5-14(6-9-16)4-2-1-3-11-21/h1-4,7,10,12,14,16H,5-6,8-9,13H2/b3-1+,4-2+. The molecule has 0 atom stereocenters. The first kappa shape index (κ1) is 16.4. The van der Waals surface area contributed by atoms with Gasteiger partial charge in [-0.15, -0.1) is 0 Å². The van der Waals surface area contributed by atoms with Crippen LogP contribution in [0.4, 0.5) is 8.78 Å². The number of hydrogen-bond acceptors (Lipinski definition) is 2. The van der Waals surface area contributed by atoms with Crippen molar-refractivity contribution < 1.29 is 13.5 Å². The lowest BCUT2D eigenvalue weighted by molar-refractivity contribution is 0.0109. The molecule has 0 bridgehead atoms. The van der Waals surface area contributed by atoms with E-state index < -0.39 is 11.6 Å². The van der Waals surface area contributed by atoms with E-state index in [2.05, 4.69) is 6.08 Å². The van der Waals surface area contributed by atoms with Crippen LogP contribution < -0.4 is 0 Å².